The predicted octanol–water partition coefficient (Wildman–Crippen LogP) is 2.41. The summed E-state index contributed by atoms with van der Waals surface area (Å²) < 4.78 is 11.0. The quantitative estimate of drug-likeness (QED) is 0.800. The minimum atomic E-state index is -0.0103. The van der Waals surface area contributed by atoms with Crippen molar-refractivity contribution in [3.05, 3.63) is 42.0 Å². The highest BCUT2D eigenvalue weighted by molar-refractivity contribution is 5.90. The highest BCUT2D eigenvalue weighted by atomic mass is 16.5. The van der Waals surface area contributed by atoms with Gasteiger partial charge in [0, 0.05) is 24.6 Å². The molecule has 0 bridgehead atoms. The van der Waals surface area contributed by atoms with Gasteiger partial charge in [-0.2, -0.15) is 0 Å². The van der Waals surface area contributed by atoms with Gasteiger partial charge < -0.3 is 20.1 Å². The summed E-state index contributed by atoms with van der Waals surface area (Å²) in [6, 6.07) is 12.4. The Bertz CT molecular complexity index is 702. The standard InChI is InChI=1S/C19H24N2O3/c1-23-12-10-20-13-18(22)21-17-7-4-11-24-19-15-6-3-2-5-14(15)8-9-16(17)19/h2-3,5-6,8-9,17,20H,4,7,10-13H2,1H3,(H,21,22)/t17-/m0/s1. The monoisotopic (exact) mass is 328 g/mol. The van der Waals surface area contributed by atoms with E-state index in [4.69, 9.17) is 9.47 Å². The van der Waals surface area contributed by atoms with Crippen LogP contribution in [0.4, 0.5) is 0 Å². The molecule has 2 aromatic carbocycles. The number of carbonyl (C=O) groups is 1. The average Bonchev–Trinajstić information content (AvgIpc) is 2.81. The number of hydrogen-bond acceptors (Lipinski definition) is 4. The van der Waals surface area contributed by atoms with Gasteiger partial charge in [0.15, 0.2) is 0 Å². The third-order valence-corrected chi connectivity index (χ3v) is 4.27. The van der Waals surface area contributed by atoms with Crippen molar-refractivity contribution in [1.29, 1.82) is 0 Å². The lowest BCUT2D eigenvalue weighted by atomic mass is 9.98. The van der Waals surface area contributed by atoms with Gasteiger partial charge in [0.2, 0.25) is 5.91 Å². The molecular weight excluding hydrogens is 304 g/mol. The number of fused-ring (bicyclic) bond motifs is 3. The van der Waals surface area contributed by atoms with Crippen LogP contribution in [0.3, 0.4) is 0 Å². The Morgan fingerprint density at radius 2 is 2.17 bits per heavy atom. The van der Waals surface area contributed by atoms with Crippen LogP contribution in [0, 0.1) is 0 Å². The molecule has 0 aromatic heterocycles. The molecule has 5 nitrogen and oxygen atoms in total. The van der Waals surface area contributed by atoms with Gasteiger partial charge in [-0.05, 0) is 18.2 Å². The van der Waals surface area contributed by atoms with Crippen LogP contribution < -0.4 is 15.4 Å². The summed E-state index contributed by atoms with van der Waals surface area (Å²) in [6.45, 7) is 2.24. The molecule has 0 saturated carbocycles. The third kappa shape index (κ3) is 3.86. The summed E-state index contributed by atoms with van der Waals surface area (Å²) in [5, 5.41) is 8.47. The average molecular weight is 328 g/mol. The highest BCUT2D eigenvalue weighted by Gasteiger charge is 2.22. The van der Waals surface area contributed by atoms with E-state index in [0.29, 0.717) is 26.3 Å². The van der Waals surface area contributed by atoms with E-state index in [1.165, 1.54) is 0 Å². The Morgan fingerprint density at radius 1 is 1.29 bits per heavy atom. The van der Waals surface area contributed by atoms with E-state index >= 15 is 0 Å². The number of benzene rings is 2. The van der Waals surface area contributed by atoms with Gasteiger partial charge >= 0.3 is 0 Å². The normalized spacial score (nSPS) is 17.0. The molecule has 1 heterocycles. The summed E-state index contributed by atoms with van der Waals surface area (Å²) in [5.41, 5.74) is 1.07. The Labute approximate surface area is 142 Å². The first-order valence-corrected chi connectivity index (χ1v) is 8.43. The summed E-state index contributed by atoms with van der Waals surface area (Å²) in [5.74, 6) is 0.903. The fourth-order valence-electron chi connectivity index (χ4n) is 3.08. The zero-order valence-electron chi connectivity index (χ0n) is 14.0. The van der Waals surface area contributed by atoms with Crippen molar-refractivity contribution in [2.24, 2.45) is 0 Å². The second-order valence-corrected chi connectivity index (χ2v) is 5.99. The number of carbonyl (C=O) groups excluding carboxylic acids is 1. The number of ether oxygens (including phenoxy) is 2. The van der Waals surface area contributed by atoms with Gasteiger partial charge in [-0.3, -0.25) is 4.79 Å². The van der Waals surface area contributed by atoms with Crippen LogP contribution in [-0.4, -0.2) is 39.3 Å². The van der Waals surface area contributed by atoms with Crippen molar-refractivity contribution in [3.8, 4) is 5.75 Å². The van der Waals surface area contributed by atoms with Crippen molar-refractivity contribution in [2.45, 2.75) is 18.9 Å². The third-order valence-electron chi connectivity index (χ3n) is 4.27. The molecule has 1 atom stereocenters. The maximum atomic E-state index is 12.2. The molecule has 0 fully saturated rings. The van der Waals surface area contributed by atoms with Crippen LogP contribution in [0.1, 0.15) is 24.4 Å². The van der Waals surface area contributed by atoms with Gasteiger partial charge in [-0.25, -0.2) is 0 Å². The second kappa shape index (κ2) is 8.13. The van der Waals surface area contributed by atoms with Crippen molar-refractivity contribution >= 4 is 16.7 Å². The van der Waals surface area contributed by atoms with E-state index in [0.717, 1.165) is 34.9 Å². The lowest BCUT2D eigenvalue weighted by Crippen LogP contribution is -2.37. The molecule has 1 aliphatic heterocycles. The van der Waals surface area contributed by atoms with E-state index in [1.807, 2.05) is 12.1 Å². The molecule has 3 rings (SSSR count). The molecule has 1 aliphatic rings. The number of rotatable bonds is 6. The van der Waals surface area contributed by atoms with Crippen LogP contribution in [0.25, 0.3) is 10.8 Å². The lowest BCUT2D eigenvalue weighted by Gasteiger charge is -2.19. The molecule has 2 aromatic rings. The molecule has 24 heavy (non-hydrogen) atoms. The van der Waals surface area contributed by atoms with Crippen LogP contribution >= 0.6 is 0 Å². The first-order valence-electron chi connectivity index (χ1n) is 8.43. The number of hydrogen-bond donors (Lipinski definition) is 2. The minimum Gasteiger partial charge on any atom is -0.493 e. The Hall–Kier alpha value is -2.11. The predicted molar refractivity (Wildman–Crippen MR) is 94.3 cm³/mol. The zero-order chi connectivity index (χ0) is 16.8. The van der Waals surface area contributed by atoms with Crippen molar-refractivity contribution in [3.63, 3.8) is 0 Å². The van der Waals surface area contributed by atoms with E-state index in [-0.39, 0.29) is 11.9 Å². The molecule has 0 saturated heterocycles. The zero-order valence-corrected chi connectivity index (χ0v) is 14.0. The Kier molecular flexibility index (Phi) is 5.67. The van der Waals surface area contributed by atoms with Crippen LogP contribution in [0.5, 0.6) is 5.75 Å². The van der Waals surface area contributed by atoms with Gasteiger partial charge in [-0.15, -0.1) is 0 Å². The Balaban J connectivity index is 1.76. The molecule has 0 spiro atoms. The van der Waals surface area contributed by atoms with Crippen molar-refractivity contribution < 1.29 is 14.3 Å². The minimum absolute atomic E-state index is 0.00267. The molecule has 0 aliphatic carbocycles. The summed E-state index contributed by atoms with van der Waals surface area (Å²) in [7, 11) is 1.65. The van der Waals surface area contributed by atoms with Gasteiger partial charge in [0.1, 0.15) is 5.75 Å². The summed E-state index contributed by atoms with van der Waals surface area (Å²) >= 11 is 0. The molecule has 0 unspecified atom stereocenters. The molecule has 2 N–H and O–H groups in total. The molecule has 0 radical (unpaired) electrons. The number of amides is 1. The van der Waals surface area contributed by atoms with Crippen molar-refractivity contribution in [1.82, 2.24) is 10.6 Å². The number of nitrogens with one attached hydrogen (secondary N) is 2. The van der Waals surface area contributed by atoms with Crippen LogP contribution in [0.2, 0.25) is 0 Å². The van der Waals surface area contributed by atoms with E-state index in [2.05, 4.69) is 34.9 Å². The topological polar surface area (TPSA) is 59.6 Å². The van der Waals surface area contributed by atoms with Crippen LogP contribution in [-0.2, 0) is 9.53 Å². The first kappa shape index (κ1) is 16.7. The largest absolute Gasteiger partial charge is 0.493 e. The maximum absolute atomic E-state index is 12.2. The molecule has 1 amide bonds. The summed E-state index contributed by atoms with van der Waals surface area (Å²) in [4.78, 5) is 12.2. The molecule has 5 heteroatoms. The molecule has 128 valence electrons. The van der Waals surface area contributed by atoms with Gasteiger partial charge in [-0.1, -0.05) is 36.4 Å². The SMILES string of the molecule is COCCNCC(=O)N[C@H]1CCCOc2c1ccc1ccccc21. The number of methoxy groups -OCH3 is 1. The maximum Gasteiger partial charge on any atom is 0.234 e. The van der Waals surface area contributed by atoms with Gasteiger partial charge in [0.25, 0.3) is 0 Å². The smallest absolute Gasteiger partial charge is 0.234 e. The first-order chi connectivity index (χ1) is 11.8. The fourth-order valence-corrected chi connectivity index (χ4v) is 3.08. The van der Waals surface area contributed by atoms with Crippen LogP contribution in [0.15, 0.2) is 36.4 Å². The fraction of sp³-hybridized carbons (Fsp3) is 0.421. The lowest BCUT2D eigenvalue weighted by molar-refractivity contribution is -0.121. The second-order valence-electron chi connectivity index (χ2n) is 5.99. The molecular formula is C19H24N2O3. The summed E-state index contributed by atoms with van der Waals surface area (Å²) in [6.07, 6.45) is 1.81. The van der Waals surface area contributed by atoms with E-state index < -0.39 is 0 Å². The van der Waals surface area contributed by atoms with Crippen molar-refractivity contribution in [2.75, 3.05) is 33.4 Å². The van der Waals surface area contributed by atoms with E-state index in [9.17, 15) is 4.79 Å². The van der Waals surface area contributed by atoms with E-state index in [1.54, 1.807) is 7.11 Å². The Morgan fingerprint density at radius 3 is 3.04 bits per heavy atom. The van der Waals surface area contributed by atoms with Gasteiger partial charge in [0.05, 0.1) is 25.8 Å². The highest BCUT2D eigenvalue weighted by Crippen LogP contribution is 2.37.